The highest BCUT2D eigenvalue weighted by Crippen LogP contribution is 2.27. The van der Waals surface area contributed by atoms with Crippen LogP contribution in [0.15, 0.2) is 48.7 Å². The number of anilines is 1. The number of pyridine rings is 1. The lowest BCUT2D eigenvalue weighted by molar-refractivity contribution is -0.448. The first-order chi connectivity index (χ1) is 15.3. The van der Waals surface area contributed by atoms with Gasteiger partial charge in [-0.05, 0) is 37.1 Å². The fraction of sp³-hybridized carbons (Fsp3) is 0.364. The van der Waals surface area contributed by atoms with E-state index in [4.69, 9.17) is 12.4 Å². The third kappa shape index (κ3) is 4.64. The van der Waals surface area contributed by atoms with Gasteiger partial charge in [0.1, 0.15) is 17.2 Å². The standard InChI is InChI=1S/C22H21F4N4OS/c23-20(24)13-4-6-14(7-5-13)22(31)30(32)16-10-8-15(9-11-16)27-18-2-1-3-19-28-17(21(25)26)12-29(18)19/h1-7,12,15-16,20-21,27H,8-11H2/q+1/t15-,16+. The third-order valence-electron chi connectivity index (χ3n) is 5.72. The van der Waals surface area contributed by atoms with Gasteiger partial charge in [0.05, 0.1) is 5.56 Å². The second kappa shape index (κ2) is 9.32. The van der Waals surface area contributed by atoms with Gasteiger partial charge in [0.25, 0.3) is 25.3 Å². The maximum atomic E-state index is 13.0. The fourth-order valence-corrected chi connectivity index (χ4v) is 4.30. The zero-order valence-electron chi connectivity index (χ0n) is 16.9. The maximum Gasteiger partial charge on any atom is 0.433 e. The molecule has 0 saturated heterocycles. The lowest BCUT2D eigenvalue weighted by Crippen LogP contribution is -2.37. The molecule has 1 amide bonds. The van der Waals surface area contributed by atoms with Crippen molar-refractivity contribution in [3.63, 3.8) is 0 Å². The highest BCUT2D eigenvalue weighted by atomic mass is 32.1. The molecule has 4 rings (SSSR count). The van der Waals surface area contributed by atoms with Crippen LogP contribution in [0.2, 0.25) is 0 Å². The quantitative estimate of drug-likeness (QED) is 0.385. The SMILES string of the molecule is O=C(c1ccc(C(F)F)cc1)[N+](=S)[C@H]1CC[C@@H](Nc2cccc3nc(C(F)F)cn23)CC1. The Hall–Kier alpha value is -2.88. The molecule has 1 N–H and O–H groups in total. The van der Waals surface area contributed by atoms with E-state index >= 15 is 0 Å². The van der Waals surface area contributed by atoms with Crippen LogP contribution in [-0.2, 0) is 12.4 Å². The minimum absolute atomic E-state index is 0.0954. The van der Waals surface area contributed by atoms with Crippen LogP contribution in [0.25, 0.3) is 5.65 Å². The number of hydrogen-bond acceptors (Lipinski definition) is 4. The molecule has 168 valence electrons. The Morgan fingerprint density at radius 2 is 1.72 bits per heavy atom. The van der Waals surface area contributed by atoms with Gasteiger partial charge in [-0.3, -0.25) is 4.40 Å². The molecule has 0 aliphatic heterocycles. The Balaban J connectivity index is 1.37. The molecule has 2 aromatic heterocycles. The van der Waals surface area contributed by atoms with Crippen LogP contribution >= 0.6 is 0 Å². The van der Waals surface area contributed by atoms with Crippen molar-refractivity contribution < 1.29 is 26.3 Å². The van der Waals surface area contributed by atoms with Crippen LogP contribution in [0.5, 0.6) is 0 Å². The molecule has 5 nitrogen and oxygen atoms in total. The summed E-state index contributed by atoms with van der Waals surface area (Å²) in [5.41, 5.74) is 0.313. The van der Waals surface area contributed by atoms with Crippen LogP contribution < -0.4 is 5.32 Å². The van der Waals surface area contributed by atoms with Crippen LogP contribution in [0.4, 0.5) is 23.4 Å². The van der Waals surface area contributed by atoms with Crippen molar-refractivity contribution in [3.8, 4) is 0 Å². The summed E-state index contributed by atoms with van der Waals surface area (Å²) in [5.74, 6) is 0.302. The summed E-state index contributed by atoms with van der Waals surface area (Å²) in [6, 6.07) is 10.4. The molecule has 1 aromatic carbocycles. The molecule has 1 aliphatic carbocycles. The Morgan fingerprint density at radius 3 is 2.34 bits per heavy atom. The number of carbonyl (C=O) groups excluding carboxylic acids is 1. The number of aromatic nitrogens is 2. The van der Waals surface area contributed by atoms with Crippen molar-refractivity contribution in [2.45, 2.75) is 50.6 Å². The monoisotopic (exact) mass is 465 g/mol. The predicted molar refractivity (Wildman–Crippen MR) is 113 cm³/mol. The average molecular weight is 465 g/mol. The van der Waals surface area contributed by atoms with E-state index < -0.39 is 12.9 Å². The molecule has 1 aliphatic rings. The van der Waals surface area contributed by atoms with Crippen LogP contribution in [0.3, 0.4) is 0 Å². The molecular weight excluding hydrogens is 444 g/mol. The number of nitrogens with one attached hydrogen (secondary N) is 1. The first kappa shape index (κ1) is 22.3. The third-order valence-corrected chi connectivity index (χ3v) is 6.19. The Morgan fingerprint density at radius 1 is 1.03 bits per heavy atom. The van der Waals surface area contributed by atoms with E-state index in [1.807, 2.05) is 6.07 Å². The van der Waals surface area contributed by atoms with Crippen molar-refractivity contribution in [2.75, 3.05) is 5.32 Å². The van der Waals surface area contributed by atoms with Gasteiger partial charge in [-0.2, -0.15) is 0 Å². The lowest BCUT2D eigenvalue weighted by atomic mass is 9.91. The van der Waals surface area contributed by atoms with Crippen LogP contribution in [0, 0.1) is 0 Å². The highest BCUT2D eigenvalue weighted by Gasteiger charge is 2.34. The molecule has 0 radical (unpaired) electrons. The highest BCUT2D eigenvalue weighted by molar-refractivity contribution is 7.44. The fourth-order valence-electron chi connectivity index (χ4n) is 3.98. The number of halogens is 4. The number of benzene rings is 1. The number of alkyl halides is 4. The molecule has 0 spiro atoms. The van der Waals surface area contributed by atoms with Gasteiger partial charge in [-0.1, -0.05) is 22.1 Å². The summed E-state index contributed by atoms with van der Waals surface area (Å²) >= 11 is 5.34. The summed E-state index contributed by atoms with van der Waals surface area (Å²) in [7, 11) is 0. The van der Waals surface area contributed by atoms with Gasteiger partial charge < -0.3 is 5.32 Å². The summed E-state index contributed by atoms with van der Waals surface area (Å²) in [4.78, 5) is 16.6. The van der Waals surface area contributed by atoms with Gasteiger partial charge in [0.2, 0.25) is 0 Å². The van der Waals surface area contributed by atoms with E-state index in [2.05, 4.69) is 10.3 Å². The van der Waals surface area contributed by atoms with Gasteiger partial charge in [0, 0.05) is 30.6 Å². The molecule has 2 heterocycles. The number of rotatable bonds is 6. The topological polar surface area (TPSA) is 49.4 Å². The first-order valence-electron chi connectivity index (χ1n) is 10.2. The number of carbonyl (C=O) groups is 1. The molecule has 0 atom stereocenters. The van der Waals surface area contributed by atoms with Gasteiger partial charge in [0.15, 0.2) is 6.04 Å². The minimum Gasteiger partial charge on any atom is -0.368 e. The smallest absolute Gasteiger partial charge is 0.368 e. The Bertz CT molecular complexity index is 1120. The summed E-state index contributed by atoms with van der Waals surface area (Å²) in [6.45, 7) is 0. The molecule has 0 bridgehead atoms. The molecule has 10 heteroatoms. The average Bonchev–Trinajstić information content (AvgIpc) is 3.25. The Kier molecular flexibility index (Phi) is 6.50. The molecule has 32 heavy (non-hydrogen) atoms. The number of fused-ring (bicyclic) bond motifs is 1. The van der Waals surface area contributed by atoms with Crippen molar-refractivity contribution in [1.82, 2.24) is 9.38 Å². The van der Waals surface area contributed by atoms with E-state index in [1.54, 1.807) is 16.5 Å². The van der Waals surface area contributed by atoms with E-state index in [1.165, 1.54) is 34.4 Å². The molecule has 3 aromatic rings. The predicted octanol–water partition coefficient (Wildman–Crippen LogP) is 5.52. The number of imidazole rings is 1. The number of amides is 1. The van der Waals surface area contributed by atoms with E-state index in [0.717, 1.165) is 12.8 Å². The van der Waals surface area contributed by atoms with E-state index in [-0.39, 0.29) is 34.8 Å². The van der Waals surface area contributed by atoms with Gasteiger partial charge >= 0.3 is 5.91 Å². The van der Waals surface area contributed by atoms with Crippen molar-refractivity contribution in [2.24, 2.45) is 0 Å². The van der Waals surface area contributed by atoms with Gasteiger partial charge in [-0.15, -0.1) is 0 Å². The minimum atomic E-state index is -2.64. The molecule has 0 unspecified atom stereocenters. The second-order valence-corrected chi connectivity index (χ2v) is 8.20. The number of nitrogens with zero attached hydrogens (tertiary/aromatic N) is 3. The van der Waals surface area contributed by atoms with E-state index in [9.17, 15) is 22.4 Å². The summed E-state index contributed by atoms with van der Waals surface area (Å²) < 4.78 is 54.3. The van der Waals surface area contributed by atoms with Gasteiger partial charge in [-0.25, -0.2) is 27.3 Å². The van der Waals surface area contributed by atoms with E-state index in [0.29, 0.717) is 24.3 Å². The maximum absolute atomic E-state index is 13.0. The zero-order chi connectivity index (χ0) is 22.8. The van der Waals surface area contributed by atoms with Crippen LogP contribution in [0.1, 0.15) is 60.1 Å². The van der Waals surface area contributed by atoms with Crippen molar-refractivity contribution >= 4 is 29.8 Å². The number of hydrogen-bond donors (Lipinski definition) is 1. The summed E-state index contributed by atoms with van der Waals surface area (Å²) in [5, 5.41) is 3.38. The largest absolute Gasteiger partial charge is 0.433 e. The molecule has 1 saturated carbocycles. The normalized spacial score (nSPS) is 18.9. The van der Waals surface area contributed by atoms with Crippen molar-refractivity contribution in [3.05, 3.63) is 65.5 Å². The molecular formula is C22H21F4N4OS+. The first-order valence-corrected chi connectivity index (χ1v) is 10.6. The summed E-state index contributed by atoms with van der Waals surface area (Å²) in [6.07, 6.45) is -1.08. The lowest BCUT2D eigenvalue weighted by Gasteiger charge is -2.26. The van der Waals surface area contributed by atoms with Crippen LogP contribution in [-0.4, -0.2) is 31.3 Å². The Labute approximate surface area is 187 Å². The molecule has 1 fully saturated rings. The zero-order valence-corrected chi connectivity index (χ0v) is 17.7. The van der Waals surface area contributed by atoms with Crippen molar-refractivity contribution in [1.29, 1.82) is 0 Å². The second-order valence-electron chi connectivity index (χ2n) is 7.81.